The van der Waals surface area contributed by atoms with Crippen molar-refractivity contribution in [2.45, 2.75) is 37.8 Å². The van der Waals surface area contributed by atoms with Crippen LogP contribution >= 0.6 is 0 Å². The molecule has 0 amide bonds. The predicted molar refractivity (Wildman–Crippen MR) is 64.1 cm³/mol. The van der Waals surface area contributed by atoms with Gasteiger partial charge in [-0.2, -0.15) is 0 Å². The van der Waals surface area contributed by atoms with Crippen molar-refractivity contribution in [3.63, 3.8) is 0 Å². The summed E-state index contributed by atoms with van der Waals surface area (Å²) in [5.41, 5.74) is -0.991. The molecule has 1 fully saturated rings. The quantitative estimate of drug-likeness (QED) is 0.756. The zero-order valence-corrected chi connectivity index (χ0v) is 10.9. The van der Waals surface area contributed by atoms with Crippen LogP contribution in [0.25, 0.3) is 0 Å². The van der Waals surface area contributed by atoms with Crippen molar-refractivity contribution < 1.29 is 19.4 Å². The first-order valence-electron chi connectivity index (χ1n) is 6.06. The van der Waals surface area contributed by atoms with E-state index in [0.29, 0.717) is 6.54 Å². The Morgan fingerprint density at radius 1 is 1.59 bits per heavy atom. The summed E-state index contributed by atoms with van der Waals surface area (Å²) >= 11 is 0. The molecule has 0 saturated carbocycles. The molecule has 1 aliphatic heterocycles. The monoisotopic (exact) mass is 245 g/mol. The third kappa shape index (κ3) is 3.66. The van der Waals surface area contributed by atoms with E-state index in [9.17, 15) is 9.90 Å². The van der Waals surface area contributed by atoms with E-state index in [0.717, 1.165) is 25.9 Å². The third-order valence-electron chi connectivity index (χ3n) is 3.48. The van der Waals surface area contributed by atoms with Crippen LogP contribution in [0, 0.1) is 0 Å². The van der Waals surface area contributed by atoms with Crippen molar-refractivity contribution in [1.29, 1.82) is 0 Å². The molecule has 1 N–H and O–H groups in total. The Bertz CT molecular complexity index is 253. The van der Waals surface area contributed by atoms with Crippen LogP contribution in [0.4, 0.5) is 0 Å². The minimum Gasteiger partial charge on any atom is -0.480 e. The Balaban J connectivity index is 2.57. The highest BCUT2D eigenvalue weighted by molar-refractivity contribution is 5.78. The van der Waals surface area contributed by atoms with Crippen LogP contribution in [0.2, 0.25) is 0 Å². The first kappa shape index (κ1) is 14.4. The fraction of sp³-hybridized carbons (Fsp3) is 0.917. The lowest BCUT2D eigenvalue weighted by atomic mass is 10.00. The smallest absolute Gasteiger partial charge is 0.326 e. The molecule has 1 saturated heterocycles. The van der Waals surface area contributed by atoms with E-state index in [4.69, 9.17) is 9.47 Å². The highest BCUT2D eigenvalue weighted by atomic mass is 16.5. The molecule has 5 nitrogen and oxygen atoms in total. The average Bonchev–Trinajstić information content (AvgIpc) is 2.30. The van der Waals surface area contributed by atoms with Crippen LogP contribution in [0.3, 0.4) is 0 Å². The van der Waals surface area contributed by atoms with E-state index in [1.807, 2.05) is 11.9 Å². The van der Waals surface area contributed by atoms with Crippen molar-refractivity contribution in [3.8, 4) is 0 Å². The summed E-state index contributed by atoms with van der Waals surface area (Å²) in [7, 11) is 3.33. The number of aliphatic carboxylic acids is 1. The van der Waals surface area contributed by atoms with Crippen LogP contribution < -0.4 is 0 Å². The van der Waals surface area contributed by atoms with E-state index in [2.05, 4.69) is 0 Å². The van der Waals surface area contributed by atoms with Crippen LogP contribution in [0.1, 0.15) is 26.2 Å². The SMILES string of the molecule is COCC(C)(C(=O)O)N(C)CC1CCCCO1. The molecule has 0 spiro atoms. The lowest BCUT2D eigenvalue weighted by Gasteiger charge is -2.37. The summed E-state index contributed by atoms with van der Waals surface area (Å²) in [6.07, 6.45) is 3.41. The van der Waals surface area contributed by atoms with Gasteiger partial charge in [0.2, 0.25) is 0 Å². The van der Waals surface area contributed by atoms with Crippen LogP contribution in [-0.4, -0.2) is 61.5 Å². The number of hydrogen-bond acceptors (Lipinski definition) is 4. The maximum atomic E-state index is 11.3. The van der Waals surface area contributed by atoms with Gasteiger partial charge in [0.25, 0.3) is 0 Å². The Labute approximate surface area is 103 Å². The minimum atomic E-state index is -0.991. The number of ether oxygens (including phenoxy) is 2. The zero-order chi connectivity index (χ0) is 12.9. The number of carboxylic acids is 1. The molecule has 5 heteroatoms. The number of carbonyl (C=O) groups is 1. The first-order valence-corrected chi connectivity index (χ1v) is 6.06. The second-order valence-electron chi connectivity index (χ2n) is 4.88. The number of likely N-dealkylation sites (N-methyl/N-ethyl adjacent to an activating group) is 1. The van der Waals surface area contributed by atoms with Crippen molar-refractivity contribution in [3.05, 3.63) is 0 Å². The molecule has 1 aliphatic rings. The molecule has 0 bridgehead atoms. The molecule has 0 aliphatic carbocycles. The normalized spacial score (nSPS) is 24.6. The molecular formula is C12H23NO4. The van der Waals surface area contributed by atoms with Gasteiger partial charge in [0, 0.05) is 20.3 Å². The third-order valence-corrected chi connectivity index (χ3v) is 3.48. The summed E-state index contributed by atoms with van der Waals surface area (Å²) in [6.45, 7) is 3.27. The lowest BCUT2D eigenvalue weighted by Crippen LogP contribution is -2.56. The van der Waals surface area contributed by atoms with Gasteiger partial charge in [0.1, 0.15) is 5.54 Å². The molecule has 2 atom stereocenters. The van der Waals surface area contributed by atoms with Gasteiger partial charge in [-0.15, -0.1) is 0 Å². The number of rotatable bonds is 6. The fourth-order valence-electron chi connectivity index (χ4n) is 2.07. The number of hydrogen-bond donors (Lipinski definition) is 1. The molecule has 2 unspecified atom stereocenters. The van der Waals surface area contributed by atoms with E-state index < -0.39 is 11.5 Å². The van der Waals surface area contributed by atoms with E-state index in [-0.39, 0.29) is 12.7 Å². The Morgan fingerprint density at radius 3 is 2.76 bits per heavy atom. The highest BCUT2D eigenvalue weighted by Gasteiger charge is 2.38. The number of nitrogens with zero attached hydrogens (tertiary/aromatic N) is 1. The standard InChI is InChI=1S/C12H23NO4/c1-12(9-16-3,11(14)15)13(2)8-10-6-4-5-7-17-10/h10H,4-9H2,1-3H3,(H,14,15). The van der Waals surface area contributed by atoms with Crippen molar-refractivity contribution in [2.75, 3.05) is 33.9 Å². The van der Waals surface area contributed by atoms with E-state index in [1.165, 1.54) is 7.11 Å². The molecule has 0 aromatic carbocycles. The first-order chi connectivity index (χ1) is 8.00. The maximum Gasteiger partial charge on any atom is 0.326 e. The van der Waals surface area contributed by atoms with Crippen molar-refractivity contribution in [2.24, 2.45) is 0 Å². The number of methoxy groups -OCH3 is 1. The molecule has 17 heavy (non-hydrogen) atoms. The van der Waals surface area contributed by atoms with Gasteiger partial charge in [0.15, 0.2) is 0 Å². The van der Waals surface area contributed by atoms with Gasteiger partial charge in [0.05, 0.1) is 12.7 Å². The minimum absolute atomic E-state index is 0.143. The molecule has 0 aromatic heterocycles. The fourth-order valence-corrected chi connectivity index (χ4v) is 2.07. The van der Waals surface area contributed by atoms with Gasteiger partial charge in [-0.25, -0.2) is 0 Å². The molecule has 1 heterocycles. The summed E-state index contributed by atoms with van der Waals surface area (Å²) in [6, 6.07) is 0. The number of carboxylic acid groups (broad SMARTS) is 1. The molecule has 0 radical (unpaired) electrons. The average molecular weight is 245 g/mol. The van der Waals surface area contributed by atoms with Gasteiger partial charge in [-0.05, 0) is 33.2 Å². The van der Waals surface area contributed by atoms with E-state index >= 15 is 0 Å². The van der Waals surface area contributed by atoms with Gasteiger partial charge >= 0.3 is 5.97 Å². The predicted octanol–water partition coefficient (Wildman–Crippen LogP) is 0.977. The summed E-state index contributed by atoms with van der Waals surface area (Å²) < 4.78 is 10.6. The summed E-state index contributed by atoms with van der Waals surface area (Å²) in [4.78, 5) is 13.1. The molecule has 1 rings (SSSR count). The summed E-state index contributed by atoms with van der Waals surface area (Å²) in [5.74, 6) is -0.863. The highest BCUT2D eigenvalue weighted by Crippen LogP contribution is 2.19. The van der Waals surface area contributed by atoms with Crippen LogP contribution in [-0.2, 0) is 14.3 Å². The lowest BCUT2D eigenvalue weighted by molar-refractivity contribution is -0.154. The molecule has 100 valence electrons. The van der Waals surface area contributed by atoms with Crippen molar-refractivity contribution >= 4 is 5.97 Å². The largest absolute Gasteiger partial charge is 0.480 e. The molecule has 0 aromatic rings. The summed E-state index contributed by atoms with van der Waals surface area (Å²) in [5, 5.41) is 9.30. The van der Waals surface area contributed by atoms with Gasteiger partial charge in [-0.1, -0.05) is 0 Å². The topological polar surface area (TPSA) is 59.0 Å². The van der Waals surface area contributed by atoms with Crippen LogP contribution in [0.15, 0.2) is 0 Å². The second-order valence-corrected chi connectivity index (χ2v) is 4.88. The second kappa shape index (κ2) is 6.33. The zero-order valence-electron chi connectivity index (χ0n) is 10.9. The van der Waals surface area contributed by atoms with Gasteiger partial charge < -0.3 is 14.6 Å². The van der Waals surface area contributed by atoms with Gasteiger partial charge in [-0.3, -0.25) is 9.69 Å². The maximum absolute atomic E-state index is 11.3. The Hall–Kier alpha value is -0.650. The van der Waals surface area contributed by atoms with E-state index in [1.54, 1.807) is 6.92 Å². The Kier molecular flexibility index (Phi) is 5.36. The van der Waals surface area contributed by atoms with Crippen molar-refractivity contribution in [1.82, 2.24) is 4.90 Å². The molecular weight excluding hydrogens is 222 g/mol. The van der Waals surface area contributed by atoms with Crippen LogP contribution in [0.5, 0.6) is 0 Å². The Morgan fingerprint density at radius 2 is 2.29 bits per heavy atom.